The lowest BCUT2D eigenvalue weighted by Crippen LogP contribution is -2.26. The van der Waals surface area contributed by atoms with Gasteiger partial charge in [0.2, 0.25) is 17.9 Å². The number of alkyl halides is 3. The van der Waals surface area contributed by atoms with Gasteiger partial charge in [-0.05, 0) is 35.2 Å². The molecular formula is C27H24F4N4O2. The van der Waals surface area contributed by atoms with E-state index in [4.69, 9.17) is 21.3 Å². The van der Waals surface area contributed by atoms with Crippen molar-refractivity contribution in [3.8, 4) is 28.3 Å². The zero-order chi connectivity index (χ0) is 26.6. The summed E-state index contributed by atoms with van der Waals surface area (Å²) in [5, 5.41) is 9.11. The molecule has 0 aliphatic carbocycles. The number of hydrogen-bond acceptors (Lipinski definition) is 6. The topological polar surface area (TPSA) is 107 Å². The van der Waals surface area contributed by atoms with Crippen molar-refractivity contribution in [3.63, 3.8) is 0 Å². The van der Waals surface area contributed by atoms with Crippen molar-refractivity contribution in [1.29, 1.82) is 0 Å². The van der Waals surface area contributed by atoms with Gasteiger partial charge >= 0.3 is 6.18 Å². The van der Waals surface area contributed by atoms with Gasteiger partial charge in [-0.15, -0.1) is 0 Å². The second-order valence-electron chi connectivity index (χ2n) is 8.47. The van der Waals surface area contributed by atoms with Crippen LogP contribution in [0.1, 0.15) is 17.2 Å². The van der Waals surface area contributed by atoms with Gasteiger partial charge in [0.1, 0.15) is 5.82 Å². The molecule has 1 heterocycles. The molecule has 2 unspecified atom stereocenters. The average Bonchev–Trinajstić information content (AvgIpc) is 2.87. The van der Waals surface area contributed by atoms with Crippen molar-refractivity contribution in [3.05, 3.63) is 95.8 Å². The number of benzene rings is 3. The van der Waals surface area contributed by atoms with Gasteiger partial charge in [0, 0.05) is 23.2 Å². The van der Waals surface area contributed by atoms with E-state index >= 15 is 0 Å². The number of anilines is 1. The van der Waals surface area contributed by atoms with E-state index in [0.29, 0.717) is 23.1 Å². The number of nitrogens with two attached hydrogens (primary N) is 2. The molecule has 0 amide bonds. The molecular weight excluding hydrogens is 488 g/mol. The van der Waals surface area contributed by atoms with Gasteiger partial charge in [0.25, 0.3) is 0 Å². The lowest BCUT2D eigenvalue weighted by Gasteiger charge is -2.22. The lowest BCUT2D eigenvalue weighted by atomic mass is 10.0. The molecule has 4 aromatic rings. The summed E-state index contributed by atoms with van der Waals surface area (Å²) in [4.78, 5) is 7.95. The molecule has 5 N–H and O–H groups in total. The third-order valence-electron chi connectivity index (χ3n) is 5.61. The maximum Gasteiger partial charge on any atom is 0.429 e. The Hall–Kier alpha value is -4.02. The fraction of sp³-hybridized carbons (Fsp3) is 0.185. The van der Waals surface area contributed by atoms with Crippen LogP contribution in [0.2, 0.25) is 0 Å². The highest BCUT2D eigenvalue weighted by Gasteiger charge is 2.43. The minimum atomic E-state index is -4.76. The number of ether oxygens (including phenoxy) is 1. The lowest BCUT2D eigenvalue weighted by molar-refractivity contribution is -0.198. The summed E-state index contributed by atoms with van der Waals surface area (Å²) < 4.78 is 60.8. The van der Waals surface area contributed by atoms with Crippen LogP contribution in [0, 0.1) is 5.82 Å². The molecule has 2 atom stereocenters. The van der Waals surface area contributed by atoms with E-state index in [1.54, 1.807) is 30.3 Å². The average molecular weight is 513 g/mol. The van der Waals surface area contributed by atoms with Gasteiger partial charge in [-0.1, -0.05) is 60.7 Å². The summed E-state index contributed by atoms with van der Waals surface area (Å²) in [7, 11) is 0. The monoisotopic (exact) mass is 512 g/mol. The fourth-order valence-electron chi connectivity index (χ4n) is 3.79. The first-order valence-electron chi connectivity index (χ1n) is 11.3. The summed E-state index contributed by atoms with van der Waals surface area (Å²) in [6.45, 7) is -0.154. The van der Waals surface area contributed by atoms with E-state index in [2.05, 4.69) is 9.97 Å². The van der Waals surface area contributed by atoms with Gasteiger partial charge in [-0.2, -0.15) is 18.2 Å². The van der Waals surface area contributed by atoms with E-state index in [1.165, 1.54) is 48.5 Å². The van der Waals surface area contributed by atoms with E-state index < -0.39 is 24.1 Å². The fourth-order valence-corrected chi connectivity index (χ4v) is 3.79. The van der Waals surface area contributed by atoms with Crippen LogP contribution in [-0.4, -0.2) is 33.9 Å². The molecule has 0 spiro atoms. The Labute approximate surface area is 210 Å². The van der Waals surface area contributed by atoms with Gasteiger partial charge in [0.15, 0.2) is 0 Å². The van der Waals surface area contributed by atoms with Crippen molar-refractivity contribution in [2.24, 2.45) is 5.73 Å². The number of hydrogen-bond donors (Lipinski definition) is 3. The van der Waals surface area contributed by atoms with E-state index in [1.807, 2.05) is 0 Å². The molecule has 1 aromatic heterocycles. The molecule has 0 saturated heterocycles. The Balaban J connectivity index is 1.59. The molecule has 192 valence electrons. The zero-order valence-electron chi connectivity index (χ0n) is 19.5. The van der Waals surface area contributed by atoms with Crippen molar-refractivity contribution >= 4 is 5.95 Å². The van der Waals surface area contributed by atoms with Crippen molar-refractivity contribution < 1.29 is 27.4 Å². The number of aliphatic hydroxyl groups excluding tert-OH is 1. The van der Waals surface area contributed by atoms with Gasteiger partial charge in [-0.25, -0.2) is 9.37 Å². The maximum absolute atomic E-state index is 14.0. The molecule has 6 nitrogen and oxygen atoms in total. The SMILES string of the molecule is Nc1nc(OC(c2ccc(-c3cccc(F)c3)cc2)C(F)(F)F)cc(-c2ccc(CC(N)CO)cc2)n1. The summed E-state index contributed by atoms with van der Waals surface area (Å²) >= 11 is 0. The minimum Gasteiger partial charge on any atom is -0.460 e. The van der Waals surface area contributed by atoms with Crippen molar-refractivity contribution in [2.75, 3.05) is 12.3 Å². The third-order valence-corrected chi connectivity index (χ3v) is 5.61. The number of rotatable bonds is 8. The molecule has 0 saturated carbocycles. The second-order valence-corrected chi connectivity index (χ2v) is 8.47. The number of aliphatic hydroxyl groups is 1. The van der Waals surface area contributed by atoms with Crippen LogP contribution >= 0.6 is 0 Å². The van der Waals surface area contributed by atoms with Gasteiger partial charge < -0.3 is 21.3 Å². The molecule has 0 aliphatic heterocycles. The molecule has 0 fully saturated rings. The normalized spacial score (nSPS) is 13.2. The highest BCUT2D eigenvalue weighted by molar-refractivity contribution is 5.64. The largest absolute Gasteiger partial charge is 0.460 e. The van der Waals surface area contributed by atoms with Gasteiger partial charge in [0.05, 0.1) is 12.3 Å². The van der Waals surface area contributed by atoms with Crippen LogP contribution in [0.4, 0.5) is 23.5 Å². The molecule has 4 rings (SSSR count). The molecule has 3 aromatic carbocycles. The molecule has 0 radical (unpaired) electrons. The van der Waals surface area contributed by atoms with Gasteiger partial charge in [-0.3, -0.25) is 0 Å². The first kappa shape index (κ1) is 26.1. The minimum absolute atomic E-state index is 0.154. The molecule has 0 aliphatic rings. The van der Waals surface area contributed by atoms with Crippen LogP contribution < -0.4 is 16.2 Å². The molecule has 37 heavy (non-hydrogen) atoms. The Morgan fingerprint density at radius 3 is 2.16 bits per heavy atom. The smallest absolute Gasteiger partial charge is 0.429 e. The van der Waals surface area contributed by atoms with Crippen LogP contribution in [0.25, 0.3) is 22.4 Å². The van der Waals surface area contributed by atoms with E-state index in [0.717, 1.165) is 5.56 Å². The Morgan fingerprint density at radius 2 is 1.54 bits per heavy atom. The first-order chi connectivity index (χ1) is 17.6. The van der Waals surface area contributed by atoms with E-state index in [9.17, 15) is 17.6 Å². The number of aromatic nitrogens is 2. The maximum atomic E-state index is 14.0. The second kappa shape index (κ2) is 10.9. The van der Waals surface area contributed by atoms with Crippen LogP contribution in [0.15, 0.2) is 78.9 Å². The first-order valence-corrected chi connectivity index (χ1v) is 11.3. The number of nitrogens with zero attached hydrogens (tertiary/aromatic N) is 2. The molecule has 10 heteroatoms. The highest BCUT2D eigenvalue weighted by Crippen LogP contribution is 2.38. The third kappa shape index (κ3) is 6.60. The quantitative estimate of drug-likeness (QED) is 0.285. The van der Waals surface area contributed by atoms with Crippen molar-refractivity contribution in [2.45, 2.75) is 24.7 Å². The van der Waals surface area contributed by atoms with Crippen LogP contribution in [0.5, 0.6) is 5.88 Å². The Bertz CT molecular complexity index is 1350. The predicted octanol–water partition coefficient (Wildman–Crippen LogP) is 5.08. The Kier molecular flexibility index (Phi) is 7.70. The van der Waals surface area contributed by atoms with Crippen LogP contribution in [-0.2, 0) is 6.42 Å². The summed E-state index contributed by atoms with van der Waals surface area (Å²) in [5.74, 6) is -1.04. The number of nitrogen functional groups attached to an aromatic ring is 1. The predicted molar refractivity (Wildman–Crippen MR) is 132 cm³/mol. The summed E-state index contributed by atoms with van der Waals surface area (Å²) in [6.07, 6.45) is -6.62. The highest BCUT2D eigenvalue weighted by atomic mass is 19.4. The van der Waals surface area contributed by atoms with Crippen molar-refractivity contribution in [1.82, 2.24) is 9.97 Å². The zero-order valence-corrected chi connectivity index (χ0v) is 19.5. The molecule has 0 bridgehead atoms. The Morgan fingerprint density at radius 1 is 0.865 bits per heavy atom. The summed E-state index contributed by atoms with van der Waals surface area (Å²) in [6, 6.07) is 19.1. The van der Waals surface area contributed by atoms with Crippen LogP contribution in [0.3, 0.4) is 0 Å². The summed E-state index contributed by atoms with van der Waals surface area (Å²) in [5.41, 5.74) is 14.2. The standard InChI is InChI=1S/C27H24F4N4O2/c28-21-3-1-2-20(13-21)17-8-10-19(11-9-17)25(27(29,30)31)37-24-14-23(34-26(33)35-24)18-6-4-16(5-7-18)12-22(32)15-36/h1-11,13-14,22,25,36H,12,15,32H2,(H2,33,34,35). The number of halogens is 4. The van der Waals surface area contributed by atoms with E-state index in [-0.39, 0.29) is 29.7 Å².